The van der Waals surface area contributed by atoms with Crippen LogP contribution in [0.3, 0.4) is 0 Å². The molecular weight excluding hydrogens is 296 g/mol. The third-order valence-corrected chi connectivity index (χ3v) is 2.95. The first-order chi connectivity index (χ1) is 11.0. The molecule has 0 fully saturated rings. The Labute approximate surface area is 135 Å². The number of aromatic nitrogens is 1. The molecule has 0 atom stereocenters. The van der Waals surface area contributed by atoms with Gasteiger partial charge in [-0.15, -0.1) is 0 Å². The zero-order valence-electron chi connectivity index (χ0n) is 12.9. The van der Waals surface area contributed by atoms with Crippen molar-refractivity contribution in [1.82, 2.24) is 9.88 Å². The predicted molar refractivity (Wildman–Crippen MR) is 86.0 cm³/mol. The molecule has 0 saturated heterocycles. The van der Waals surface area contributed by atoms with Gasteiger partial charge in [0.1, 0.15) is 0 Å². The molecule has 1 aromatic carbocycles. The first kappa shape index (κ1) is 18.3. The zero-order chi connectivity index (χ0) is 17.1. The second-order valence-corrected chi connectivity index (χ2v) is 4.90. The van der Waals surface area contributed by atoms with Crippen LogP contribution in [0, 0.1) is 0 Å². The summed E-state index contributed by atoms with van der Waals surface area (Å²) in [5.41, 5.74) is 2.52. The number of nitrogens with zero attached hydrogens (tertiary/aromatic N) is 2. The van der Waals surface area contributed by atoms with E-state index in [0.29, 0.717) is 0 Å². The maximum absolute atomic E-state index is 9.10. The van der Waals surface area contributed by atoms with Gasteiger partial charge in [0.25, 0.3) is 0 Å². The van der Waals surface area contributed by atoms with Crippen LogP contribution in [-0.4, -0.2) is 45.6 Å². The Morgan fingerprint density at radius 2 is 1.61 bits per heavy atom. The van der Waals surface area contributed by atoms with E-state index in [2.05, 4.69) is 53.3 Å². The lowest BCUT2D eigenvalue weighted by Gasteiger charge is -2.16. The van der Waals surface area contributed by atoms with E-state index in [-0.39, 0.29) is 0 Å². The van der Waals surface area contributed by atoms with Crippen LogP contribution in [0.25, 0.3) is 0 Å². The average molecular weight is 316 g/mol. The second kappa shape index (κ2) is 10.1. The molecule has 0 aliphatic rings. The molecule has 0 radical (unpaired) electrons. The minimum absolute atomic E-state index is 0.994. The summed E-state index contributed by atoms with van der Waals surface area (Å²) >= 11 is 0. The van der Waals surface area contributed by atoms with Gasteiger partial charge in [-0.1, -0.05) is 36.4 Å². The maximum atomic E-state index is 9.10. The first-order valence-corrected chi connectivity index (χ1v) is 7.07. The fourth-order valence-corrected chi connectivity index (χ4v) is 1.83. The summed E-state index contributed by atoms with van der Waals surface area (Å²) in [5.74, 6) is -3.65. The monoisotopic (exact) mass is 316 g/mol. The number of hydrogen-bond donors (Lipinski definition) is 2. The Morgan fingerprint density at radius 3 is 2.13 bits per heavy atom. The zero-order valence-corrected chi connectivity index (χ0v) is 12.9. The van der Waals surface area contributed by atoms with E-state index < -0.39 is 11.9 Å². The summed E-state index contributed by atoms with van der Waals surface area (Å²) in [5, 5.41) is 14.8. The van der Waals surface area contributed by atoms with Gasteiger partial charge in [-0.3, -0.25) is 4.98 Å². The SMILES string of the molecule is CN(CCc1ccccn1)Cc1ccccc1.O=C(O)C(=O)O. The van der Waals surface area contributed by atoms with Gasteiger partial charge >= 0.3 is 11.9 Å². The van der Waals surface area contributed by atoms with Crippen molar-refractivity contribution in [3.63, 3.8) is 0 Å². The van der Waals surface area contributed by atoms with Crippen LogP contribution in [0.2, 0.25) is 0 Å². The number of hydrogen-bond acceptors (Lipinski definition) is 4. The number of aliphatic carboxylic acids is 2. The van der Waals surface area contributed by atoms with Gasteiger partial charge in [0.05, 0.1) is 0 Å². The summed E-state index contributed by atoms with van der Waals surface area (Å²) in [6.07, 6.45) is 2.86. The van der Waals surface area contributed by atoms with E-state index in [0.717, 1.165) is 25.2 Å². The summed E-state index contributed by atoms with van der Waals surface area (Å²) in [7, 11) is 2.15. The number of carboxylic acids is 2. The third-order valence-electron chi connectivity index (χ3n) is 2.95. The van der Waals surface area contributed by atoms with E-state index >= 15 is 0 Å². The van der Waals surface area contributed by atoms with E-state index in [1.165, 1.54) is 5.56 Å². The van der Waals surface area contributed by atoms with Crippen molar-refractivity contribution in [2.24, 2.45) is 0 Å². The number of carboxylic acid groups (broad SMARTS) is 2. The number of likely N-dealkylation sites (N-methyl/N-ethyl adjacent to an activating group) is 1. The van der Waals surface area contributed by atoms with Gasteiger partial charge in [-0.05, 0) is 24.7 Å². The summed E-state index contributed by atoms with van der Waals surface area (Å²) < 4.78 is 0. The number of benzene rings is 1. The largest absolute Gasteiger partial charge is 0.473 e. The third kappa shape index (κ3) is 8.33. The Bertz CT molecular complexity index is 591. The van der Waals surface area contributed by atoms with Gasteiger partial charge in [-0.25, -0.2) is 9.59 Å². The van der Waals surface area contributed by atoms with Crippen LogP contribution < -0.4 is 0 Å². The molecule has 122 valence electrons. The topological polar surface area (TPSA) is 90.7 Å². The van der Waals surface area contributed by atoms with E-state index in [1.807, 2.05) is 18.3 Å². The fraction of sp³-hybridized carbons (Fsp3) is 0.235. The van der Waals surface area contributed by atoms with Gasteiger partial charge < -0.3 is 15.1 Å². The van der Waals surface area contributed by atoms with Crippen molar-refractivity contribution < 1.29 is 19.8 Å². The molecule has 2 rings (SSSR count). The Kier molecular flexibility index (Phi) is 8.02. The van der Waals surface area contributed by atoms with Crippen LogP contribution in [-0.2, 0) is 22.6 Å². The van der Waals surface area contributed by atoms with Gasteiger partial charge in [-0.2, -0.15) is 0 Å². The van der Waals surface area contributed by atoms with Crippen LogP contribution in [0.5, 0.6) is 0 Å². The molecule has 2 aromatic rings. The molecule has 0 aliphatic carbocycles. The molecule has 0 saturated carbocycles. The second-order valence-electron chi connectivity index (χ2n) is 4.90. The molecule has 0 aliphatic heterocycles. The Morgan fingerprint density at radius 1 is 1.00 bits per heavy atom. The van der Waals surface area contributed by atoms with E-state index in [4.69, 9.17) is 19.8 Å². The van der Waals surface area contributed by atoms with Gasteiger partial charge in [0.2, 0.25) is 0 Å². The normalized spacial score (nSPS) is 9.83. The van der Waals surface area contributed by atoms with E-state index in [9.17, 15) is 0 Å². The van der Waals surface area contributed by atoms with Crippen molar-refractivity contribution in [1.29, 1.82) is 0 Å². The molecule has 0 unspecified atom stereocenters. The maximum Gasteiger partial charge on any atom is 0.414 e. The van der Waals surface area contributed by atoms with Crippen molar-refractivity contribution in [3.05, 3.63) is 66.0 Å². The summed E-state index contributed by atoms with van der Waals surface area (Å²) in [6, 6.07) is 16.6. The molecule has 0 spiro atoms. The molecule has 2 N–H and O–H groups in total. The highest BCUT2D eigenvalue weighted by Crippen LogP contribution is 2.03. The van der Waals surface area contributed by atoms with Crippen LogP contribution in [0.4, 0.5) is 0 Å². The summed E-state index contributed by atoms with van der Waals surface area (Å²) in [6.45, 7) is 2.03. The highest BCUT2D eigenvalue weighted by Gasteiger charge is 2.04. The minimum Gasteiger partial charge on any atom is -0.473 e. The van der Waals surface area contributed by atoms with Crippen LogP contribution in [0.1, 0.15) is 11.3 Å². The van der Waals surface area contributed by atoms with Crippen molar-refractivity contribution in [3.8, 4) is 0 Å². The van der Waals surface area contributed by atoms with Gasteiger partial charge in [0.15, 0.2) is 0 Å². The van der Waals surface area contributed by atoms with Gasteiger partial charge in [0, 0.05) is 31.4 Å². The van der Waals surface area contributed by atoms with E-state index in [1.54, 1.807) is 0 Å². The highest BCUT2D eigenvalue weighted by molar-refractivity contribution is 6.27. The molecule has 6 heteroatoms. The highest BCUT2D eigenvalue weighted by atomic mass is 16.4. The predicted octanol–water partition coefficient (Wildman–Crippen LogP) is 1.91. The molecule has 1 aromatic heterocycles. The molecule has 0 amide bonds. The lowest BCUT2D eigenvalue weighted by molar-refractivity contribution is -0.159. The van der Waals surface area contributed by atoms with Crippen LogP contribution in [0.15, 0.2) is 54.7 Å². The molecule has 23 heavy (non-hydrogen) atoms. The summed E-state index contributed by atoms with van der Waals surface area (Å²) in [4.78, 5) is 24.9. The molecule has 6 nitrogen and oxygen atoms in total. The van der Waals surface area contributed by atoms with Crippen molar-refractivity contribution in [2.75, 3.05) is 13.6 Å². The Hall–Kier alpha value is -2.73. The molecular formula is C17H20N2O4. The smallest absolute Gasteiger partial charge is 0.414 e. The lowest BCUT2D eigenvalue weighted by atomic mass is 10.2. The van der Waals surface area contributed by atoms with Crippen molar-refractivity contribution in [2.45, 2.75) is 13.0 Å². The Balaban J connectivity index is 0.000000379. The average Bonchev–Trinajstić information content (AvgIpc) is 2.55. The van der Waals surface area contributed by atoms with Crippen molar-refractivity contribution >= 4 is 11.9 Å². The minimum atomic E-state index is -1.82. The fourth-order valence-electron chi connectivity index (χ4n) is 1.83. The quantitative estimate of drug-likeness (QED) is 0.819. The number of carbonyl (C=O) groups is 2. The standard InChI is InChI=1S/C15H18N2.C2H2O4/c1-17(13-14-7-3-2-4-8-14)12-10-15-9-5-6-11-16-15;3-1(4)2(5)6/h2-9,11H,10,12-13H2,1H3;(H,3,4)(H,5,6). The lowest BCUT2D eigenvalue weighted by Crippen LogP contribution is -2.20. The first-order valence-electron chi connectivity index (χ1n) is 7.07. The van der Waals surface area contributed by atoms with Crippen LogP contribution >= 0.6 is 0 Å². The molecule has 0 bridgehead atoms. The number of pyridine rings is 1. The number of rotatable bonds is 5. The molecule has 1 heterocycles.